The zero-order chi connectivity index (χ0) is 21.0. The van der Waals surface area contributed by atoms with Crippen LogP contribution in [0, 0.1) is 11.8 Å². The Labute approximate surface area is 173 Å². The van der Waals surface area contributed by atoms with Crippen molar-refractivity contribution in [3.63, 3.8) is 0 Å². The van der Waals surface area contributed by atoms with Gasteiger partial charge in [0.15, 0.2) is 23.0 Å². The molecular formula is C22H22O8. The number of rotatable bonds is 4. The van der Waals surface area contributed by atoms with E-state index in [9.17, 15) is 9.90 Å². The molecule has 1 fully saturated rings. The summed E-state index contributed by atoms with van der Waals surface area (Å²) in [7, 11) is 4.63. The third-order valence-electron chi connectivity index (χ3n) is 6.19. The standard InChI is InChI=1S/C22H22O8/c1-25-16-4-10(5-17(26-2)21(16)27-3)18-11-6-14-15(30-9-29-14)7-12(11)20(23)13-8-28-22(24)19(13)18/h4-7,13,18-20,23H,8-9H2,1-3H3/t13?,18-,19?,20+/m1/s1. The quantitative estimate of drug-likeness (QED) is 0.763. The predicted molar refractivity (Wildman–Crippen MR) is 103 cm³/mol. The lowest BCUT2D eigenvalue weighted by atomic mass is 9.66. The van der Waals surface area contributed by atoms with Crippen LogP contribution in [0.4, 0.5) is 0 Å². The molecule has 2 aromatic carbocycles. The topological polar surface area (TPSA) is 92.7 Å². The van der Waals surface area contributed by atoms with Crippen molar-refractivity contribution in [2.75, 3.05) is 34.7 Å². The van der Waals surface area contributed by atoms with Gasteiger partial charge in [-0.2, -0.15) is 0 Å². The molecule has 2 unspecified atom stereocenters. The molecule has 2 heterocycles. The molecule has 1 aliphatic carbocycles. The van der Waals surface area contributed by atoms with Crippen molar-refractivity contribution in [3.05, 3.63) is 41.0 Å². The predicted octanol–water partition coefficient (Wildman–Crippen LogP) is 2.41. The summed E-state index contributed by atoms with van der Waals surface area (Å²) in [6, 6.07) is 7.31. The number of esters is 1. The van der Waals surface area contributed by atoms with E-state index in [2.05, 4.69) is 0 Å². The second-order valence-electron chi connectivity index (χ2n) is 7.54. The Hall–Kier alpha value is -3.13. The average molecular weight is 414 g/mol. The molecule has 1 saturated heterocycles. The molecule has 3 aliphatic rings. The van der Waals surface area contributed by atoms with Crippen LogP contribution in [0.5, 0.6) is 28.7 Å². The molecule has 5 rings (SSSR count). The molecule has 0 bridgehead atoms. The van der Waals surface area contributed by atoms with Crippen molar-refractivity contribution < 1.29 is 38.3 Å². The van der Waals surface area contributed by atoms with Gasteiger partial charge >= 0.3 is 5.97 Å². The molecular weight excluding hydrogens is 392 g/mol. The number of hydrogen-bond acceptors (Lipinski definition) is 8. The van der Waals surface area contributed by atoms with Crippen LogP contribution in [0.15, 0.2) is 24.3 Å². The largest absolute Gasteiger partial charge is 0.493 e. The first-order chi connectivity index (χ1) is 14.6. The fraction of sp³-hybridized carbons (Fsp3) is 0.409. The number of aliphatic hydroxyl groups is 1. The monoisotopic (exact) mass is 414 g/mol. The first kappa shape index (κ1) is 18.9. The summed E-state index contributed by atoms with van der Waals surface area (Å²) in [6.45, 7) is 0.289. The van der Waals surface area contributed by atoms with Crippen LogP contribution in [-0.2, 0) is 9.53 Å². The highest BCUT2D eigenvalue weighted by Gasteiger charge is 2.52. The summed E-state index contributed by atoms with van der Waals surface area (Å²) in [5, 5.41) is 11.0. The van der Waals surface area contributed by atoms with Gasteiger partial charge in [-0.3, -0.25) is 4.79 Å². The van der Waals surface area contributed by atoms with Crippen molar-refractivity contribution in [2.24, 2.45) is 11.8 Å². The van der Waals surface area contributed by atoms with Crippen molar-refractivity contribution in [1.82, 2.24) is 0 Å². The van der Waals surface area contributed by atoms with Crippen molar-refractivity contribution in [2.45, 2.75) is 12.0 Å². The Morgan fingerprint density at radius 1 is 0.900 bits per heavy atom. The van der Waals surface area contributed by atoms with Gasteiger partial charge in [0.1, 0.15) is 0 Å². The fourth-order valence-corrected chi connectivity index (χ4v) is 4.81. The Morgan fingerprint density at radius 2 is 1.53 bits per heavy atom. The Bertz CT molecular complexity index is 991. The van der Waals surface area contributed by atoms with Crippen LogP contribution >= 0.6 is 0 Å². The van der Waals surface area contributed by atoms with Crippen LogP contribution in [0.2, 0.25) is 0 Å². The van der Waals surface area contributed by atoms with E-state index in [-0.39, 0.29) is 31.2 Å². The van der Waals surface area contributed by atoms with Gasteiger partial charge in [0.05, 0.1) is 40.0 Å². The maximum Gasteiger partial charge on any atom is 0.310 e. The molecule has 1 N–H and O–H groups in total. The molecule has 2 aromatic rings. The molecule has 0 spiro atoms. The molecule has 0 amide bonds. The molecule has 158 valence electrons. The molecule has 30 heavy (non-hydrogen) atoms. The Kier molecular flexibility index (Phi) is 4.39. The number of cyclic esters (lactones) is 1. The number of carbonyl (C=O) groups is 1. The third kappa shape index (κ3) is 2.60. The minimum absolute atomic E-state index is 0.123. The van der Waals surface area contributed by atoms with Crippen LogP contribution < -0.4 is 23.7 Å². The highest BCUT2D eigenvalue weighted by atomic mass is 16.7. The van der Waals surface area contributed by atoms with Gasteiger partial charge in [-0.05, 0) is 41.0 Å². The van der Waals surface area contributed by atoms with Gasteiger partial charge in [0.25, 0.3) is 0 Å². The maximum absolute atomic E-state index is 12.7. The highest BCUT2D eigenvalue weighted by molar-refractivity contribution is 5.79. The third-order valence-corrected chi connectivity index (χ3v) is 6.19. The number of methoxy groups -OCH3 is 3. The van der Waals surface area contributed by atoms with Gasteiger partial charge in [-0.1, -0.05) is 0 Å². The van der Waals surface area contributed by atoms with E-state index < -0.39 is 12.0 Å². The lowest BCUT2D eigenvalue weighted by Gasteiger charge is -2.37. The van der Waals surface area contributed by atoms with E-state index in [1.165, 1.54) is 7.11 Å². The normalized spacial score (nSPS) is 25.9. The number of carbonyl (C=O) groups excluding carboxylic acids is 1. The van der Waals surface area contributed by atoms with Crippen molar-refractivity contribution in [1.29, 1.82) is 0 Å². The second kappa shape index (κ2) is 6.98. The van der Waals surface area contributed by atoms with E-state index in [0.717, 1.165) is 11.1 Å². The van der Waals surface area contributed by atoms with Crippen LogP contribution in [0.25, 0.3) is 0 Å². The Balaban J connectivity index is 1.74. The van der Waals surface area contributed by atoms with Gasteiger partial charge < -0.3 is 33.5 Å². The van der Waals surface area contributed by atoms with E-state index in [1.807, 2.05) is 18.2 Å². The summed E-state index contributed by atoms with van der Waals surface area (Å²) >= 11 is 0. The number of ether oxygens (including phenoxy) is 6. The number of fused-ring (bicyclic) bond motifs is 3. The zero-order valence-electron chi connectivity index (χ0n) is 16.8. The lowest BCUT2D eigenvalue weighted by Crippen LogP contribution is -2.34. The molecule has 8 heteroatoms. The van der Waals surface area contributed by atoms with E-state index in [0.29, 0.717) is 34.3 Å². The van der Waals surface area contributed by atoms with Crippen molar-refractivity contribution >= 4 is 5.97 Å². The van der Waals surface area contributed by atoms with E-state index in [4.69, 9.17) is 28.4 Å². The smallest absolute Gasteiger partial charge is 0.310 e. The Morgan fingerprint density at radius 3 is 2.13 bits per heavy atom. The molecule has 4 atom stereocenters. The fourth-order valence-electron chi connectivity index (χ4n) is 4.81. The maximum atomic E-state index is 12.7. The highest BCUT2D eigenvalue weighted by Crippen LogP contribution is 2.55. The average Bonchev–Trinajstić information content (AvgIpc) is 3.38. The van der Waals surface area contributed by atoms with E-state index >= 15 is 0 Å². The summed E-state index contributed by atoms with van der Waals surface area (Å²) in [6.07, 6.45) is -0.843. The summed E-state index contributed by atoms with van der Waals surface area (Å²) in [5.74, 6) is 0.989. The second-order valence-corrected chi connectivity index (χ2v) is 7.54. The molecule has 8 nitrogen and oxygen atoms in total. The molecule has 0 radical (unpaired) electrons. The van der Waals surface area contributed by atoms with Crippen molar-refractivity contribution in [3.8, 4) is 28.7 Å². The van der Waals surface area contributed by atoms with Gasteiger partial charge in [0, 0.05) is 11.8 Å². The molecule has 0 aromatic heterocycles. The summed E-state index contributed by atoms with van der Waals surface area (Å²) in [4.78, 5) is 12.7. The number of aliphatic hydroxyl groups excluding tert-OH is 1. The summed E-state index contributed by atoms with van der Waals surface area (Å²) in [5.41, 5.74) is 2.30. The van der Waals surface area contributed by atoms with Gasteiger partial charge in [0.2, 0.25) is 12.5 Å². The first-order valence-corrected chi connectivity index (χ1v) is 9.65. The number of benzene rings is 2. The minimum Gasteiger partial charge on any atom is -0.493 e. The van der Waals surface area contributed by atoms with Crippen LogP contribution in [0.1, 0.15) is 28.7 Å². The molecule has 2 aliphatic heterocycles. The SMILES string of the molecule is COc1cc([C@@H]2c3cc4c(cc3[C@H](O)C3COC(=O)C32)OCO4)cc(OC)c1OC. The zero-order valence-corrected chi connectivity index (χ0v) is 16.8. The first-order valence-electron chi connectivity index (χ1n) is 9.65. The van der Waals surface area contributed by atoms with Crippen LogP contribution in [0.3, 0.4) is 0 Å². The number of hydrogen-bond donors (Lipinski definition) is 1. The minimum atomic E-state index is -0.843. The van der Waals surface area contributed by atoms with Gasteiger partial charge in [-0.15, -0.1) is 0 Å². The lowest BCUT2D eigenvalue weighted by molar-refractivity contribution is -0.141. The molecule has 0 saturated carbocycles. The summed E-state index contributed by atoms with van der Waals surface area (Å²) < 4.78 is 32.9. The van der Waals surface area contributed by atoms with Gasteiger partial charge in [-0.25, -0.2) is 0 Å². The van der Waals surface area contributed by atoms with Crippen LogP contribution in [-0.4, -0.2) is 45.8 Å². The van der Waals surface area contributed by atoms with E-state index in [1.54, 1.807) is 20.3 Å².